The van der Waals surface area contributed by atoms with Crippen LogP contribution < -0.4 is 49.7 Å². The number of aryl methyl sites for hydroxylation is 3. The summed E-state index contributed by atoms with van der Waals surface area (Å²) in [6.45, 7) is 2.96. The van der Waals surface area contributed by atoms with Crippen molar-refractivity contribution < 1.29 is 103 Å². The Morgan fingerprint density at radius 2 is 0.717 bits per heavy atom. The van der Waals surface area contributed by atoms with Crippen LogP contribution >= 0.6 is 0 Å². The Kier molecular flexibility index (Phi) is 23.4. The van der Waals surface area contributed by atoms with Crippen LogP contribution in [0.4, 0.5) is 0 Å². The Hall–Kier alpha value is -11.4. The molecule has 4 aliphatic rings. The number of ether oxygens (including phenoxy) is 5. The first-order chi connectivity index (χ1) is 54.2. The maximum absolute atomic E-state index is 12.9. The normalized spacial score (nSPS) is 24.7. The molecule has 16 rings (SSSR count). The van der Waals surface area contributed by atoms with Gasteiger partial charge in [-0.05, 0) is 74.4 Å². The number of aliphatic hydroxyl groups excluding tert-OH is 12. The van der Waals surface area contributed by atoms with Gasteiger partial charge >= 0.3 is 22.8 Å². The minimum Gasteiger partial charge on any atom is -0.496 e. The molecule has 4 fully saturated rings. The molecule has 12 aromatic rings. The van der Waals surface area contributed by atoms with Gasteiger partial charge in [0.25, 0.3) is 22.2 Å². The van der Waals surface area contributed by atoms with Crippen molar-refractivity contribution in [2.45, 2.75) is 145 Å². The van der Waals surface area contributed by atoms with Crippen LogP contribution in [0, 0.1) is 20.8 Å². The zero-order chi connectivity index (χ0) is 80.7. The van der Waals surface area contributed by atoms with Crippen molar-refractivity contribution in [2.24, 2.45) is 0 Å². The molecular weight excluding hydrogens is 1500 g/mol. The van der Waals surface area contributed by atoms with Gasteiger partial charge in [0.05, 0.1) is 65.1 Å². The molecule has 4 aromatic carbocycles. The van der Waals surface area contributed by atoms with Crippen LogP contribution in [0.2, 0.25) is 0 Å². The van der Waals surface area contributed by atoms with Gasteiger partial charge in [0.2, 0.25) is 0 Å². The van der Waals surface area contributed by atoms with Crippen LogP contribution in [-0.2, 0) is 45.1 Å². The van der Waals surface area contributed by atoms with E-state index in [9.17, 15) is 99.6 Å². The zero-order valence-corrected chi connectivity index (χ0v) is 60.1. The van der Waals surface area contributed by atoms with Crippen molar-refractivity contribution in [3.05, 3.63) is 245 Å². The van der Waals surface area contributed by atoms with Crippen molar-refractivity contribution >= 4 is 43.9 Å². The largest absolute Gasteiger partial charge is 0.496 e. The second kappa shape index (κ2) is 33.1. The van der Waals surface area contributed by atoms with Gasteiger partial charge < -0.3 is 103 Å². The molecule has 4 saturated heterocycles. The molecule has 0 saturated carbocycles. The summed E-state index contributed by atoms with van der Waals surface area (Å²) in [7, 11) is 1.48. The summed E-state index contributed by atoms with van der Waals surface area (Å²) in [5, 5.41) is 136. The average molecular weight is 1570 g/mol. The fourth-order valence-corrected chi connectivity index (χ4v) is 13.5. The second-order valence-electron chi connectivity index (χ2n) is 26.9. The highest BCUT2D eigenvalue weighted by Crippen LogP contribution is 2.34. The van der Waals surface area contributed by atoms with Crippen LogP contribution in [-0.4, -0.2) is 225 Å². The summed E-state index contributed by atoms with van der Waals surface area (Å²) in [4.78, 5) is 101. The number of fused-ring (bicyclic) bond motifs is 4. The lowest BCUT2D eigenvalue weighted by molar-refractivity contribution is -0.0555. The molecule has 4 unspecified atom stereocenters. The summed E-state index contributed by atoms with van der Waals surface area (Å²) >= 11 is 0. The van der Waals surface area contributed by atoms with E-state index in [0.29, 0.717) is 72.4 Å². The summed E-state index contributed by atoms with van der Waals surface area (Å²) in [5.74, 6) is 0.478. The van der Waals surface area contributed by atoms with Gasteiger partial charge in [-0.2, -0.15) is 0 Å². The molecule has 0 radical (unpaired) electrons. The van der Waals surface area contributed by atoms with Crippen molar-refractivity contribution in [3.63, 3.8) is 0 Å². The van der Waals surface area contributed by atoms with E-state index in [1.165, 1.54) is 31.9 Å². The third-order valence-corrected chi connectivity index (χ3v) is 19.7. The van der Waals surface area contributed by atoms with Gasteiger partial charge in [-0.25, -0.2) is 19.2 Å². The number of nitrogens with zero attached hydrogens (tertiary/aromatic N) is 12. The molecule has 598 valence electrons. The molecule has 0 bridgehead atoms. The lowest BCUT2D eigenvalue weighted by Crippen LogP contribution is -2.43. The summed E-state index contributed by atoms with van der Waals surface area (Å²) in [6, 6.07) is 26.1. The predicted molar refractivity (Wildman–Crippen MR) is 385 cm³/mol. The maximum Gasteiger partial charge on any atom is 0.333 e. The van der Waals surface area contributed by atoms with E-state index < -0.39 is 170 Å². The fraction of sp³-hybridized carbons (Fsp3) is 0.389. The summed E-state index contributed by atoms with van der Waals surface area (Å²) < 4.78 is 55.7. The number of rotatable bonds is 17. The van der Waals surface area contributed by atoms with E-state index >= 15 is 0 Å². The highest BCUT2D eigenvalue weighted by Gasteiger charge is 2.47. The van der Waals surface area contributed by atoms with Crippen LogP contribution in [0.25, 0.3) is 43.9 Å². The predicted octanol–water partition coefficient (Wildman–Crippen LogP) is -3.82. The third-order valence-electron chi connectivity index (χ3n) is 19.7. The number of para-hydroxylation sites is 1. The van der Waals surface area contributed by atoms with Crippen LogP contribution in [0.3, 0.4) is 0 Å². The van der Waals surface area contributed by atoms with E-state index in [1.54, 1.807) is 42.5 Å². The molecule has 16 atom stereocenters. The molecule has 12 heterocycles. The topological polar surface area (TPSA) is 569 Å². The SMILES string of the molecule is COc1cccc2onc(Cn3c(=O)ccn([C@@H]4O[C@H](CO)[C@H](O)C4O)c3=O)c12.Cc1ccc2c(Cn3c(=O)ccn([C@@H]4O[C@H](CO)[C@H](O)C4O)c3=O)noc2c1.Cc1ccc2onc(Cn3c(=O)ccn([C@@H]4O[C@H](CO)[C@H](O)C4O)c3=O)c2c1.Cc1cccc2c(Cn3c(=O)ccn([C@@H]4O[C@H](CO)[C@H](O)C4O)c3=O)noc12. The number of benzene rings is 4. The standard InChI is InChI=1S/C18H19N3O8.3C18H19N3O7/c1-27-10-3-2-4-11-14(10)9(19-29-11)7-21-13(23)5-6-20(18(21)26)17-16(25)15(24)12(8-22)28-17;1-9-2-3-12-10(6-9)11(19-28-12)7-21-14(23)4-5-20(18(21)26)17-16(25)15(24)13(8-22)27-17;1-9-2-3-10-11(19-28-12(10)6-9)7-21-14(23)4-5-20(18(21)26)17-16(25)15(24)13(8-22)27-17;1-9-3-2-4-10-11(19-28-16(9)10)7-21-13(23)5-6-20(18(21)26)17-15(25)14(24)12(8-22)27-17/h2-6,12,15-17,22,24-25H,7-8H2,1H3;2*2-6,13,15-17,22,24-25H,7-8H2,1H3;2-6,12,14-15,17,22,24-25H,7-8H2,1H3/t12-,15+,16?,17-;2*13-,15+,16?,17-;12-,14+,15?,17-/m1111/s1. The van der Waals surface area contributed by atoms with Gasteiger partial charge in [-0.15, -0.1) is 0 Å². The minimum atomic E-state index is -1.45. The molecule has 113 heavy (non-hydrogen) atoms. The summed E-state index contributed by atoms with van der Waals surface area (Å²) in [5.41, 5.74) is 1.20. The van der Waals surface area contributed by atoms with E-state index in [2.05, 4.69) is 20.6 Å². The molecule has 0 amide bonds. The Balaban J connectivity index is 0.000000132. The average Bonchev–Trinajstić information content (AvgIpc) is 1.69. The van der Waals surface area contributed by atoms with Crippen molar-refractivity contribution in [1.29, 1.82) is 0 Å². The highest BCUT2D eigenvalue weighted by atomic mass is 16.6. The molecule has 8 aromatic heterocycles. The minimum absolute atomic E-state index is 0.135. The third kappa shape index (κ3) is 15.3. The van der Waals surface area contributed by atoms with Gasteiger partial charge in [-0.3, -0.25) is 55.7 Å². The van der Waals surface area contributed by atoms with Crippen LogP contribution in [0.5, 0.6) is 5.75 Å². The summed E-state index contributed by atoms with van der Waals surface area (Å²) in [6.07, 6.45) is -15.6. The quantitative estimate of drug-likeness (QED) is 0.0416. The number of hydrogen-bond acceptors (Lipinski definition) is 33. The lowest BCUT2D eigenvalue weighted by Gasteiger charge is -2.18. The van der Waals surface area contributed by atoms with Crippen molar-refractivity contribution in [3.8, 4) is 5.75 Å². The Bertz CT molecular complexity index is 5880. The smallest absolute Gasteiger partial charge is 0.333 e. The maximum atomic E-state index is 12.9. The zero-order valence-electron chi connectivity index (χ0n) is 60.1. The number of aromatic nitrogens is 12. The molecule has 0 spiro atoms. The van der Waals surface area contributed by atoms with Gasteiger partial charge in [0, 0.05) is 65.2 Å². The Morgan fingerprint density at radius 3 is 1.13 bits per heavy atom. The first kappa shape index (κ1) is 79.7. The lowest BCUT2D eigenvalue weighted by atomic mass is 10.1. The van der Waals surface area contributed by atoms with E-state index in [0.717, 1.165) is 77.5 Å². The molecule has 0 aliphatic carbocycles. The number of hydrogen-bond donors (Lipinski definition) is 12. The van der Waals surface area contributed by atoms with Gasteiger partial charge in [-0.1, -0.05) is 56.5 Å². The van der Waals surface area contributed by atoms with Gasteiger partial charge in [0.15, 0.2) is 47.2 Å². The van der Waals surface area contributed by atoms with Crippen molar-refractivity contribution in [1.82, 2.24) is 57.2 Å². The highest BCUT2D eigenvalue weighted by molar-refractivity contribution is 5.86. The van der Waals surface area contributed by atoms with E-state index in [4.69, 9.17) is 41.8 Å². The van der Waals surface area contributed by atoms with Gasteiger partial charge in [0.1, 0.15) is 102 Å². The number of aliphatic hydroxyl groups is 12. The van der Waals surface area contributed by atoms with E-state index in [1.807, 2.05) is 51.1 Å². The number of methoxy groups -OCH3 is 1. The van der Waals surface area contributed by atoms with Crippen molar-refractivity contribution in [2.75, 3.05) is 33.5 Å². The Labute approximate surface area is 630 Å². The van der Waals surface area contributed by atoms with Crippen LogP contribution in [0.1, 0.15) is 64.4 Å². The molecular formula is C72H76N12O29. The first-order valence-corrected chi connectivity index (χ1v) is 34.9. The second-order valence-corrected chi connectivity index (χ2v) is 26.9. The monoisotopic (exact) mass is 1570 g/mol. The van der Waals surface area contributed by atoms with Crippen LogP contribution in [0.15, 0.2) is 178 Å². The fourth-order valence-electron chi connectivity index (χ4n) is 13.5. The molecule has 41 nitrogen and oxygen atoms in total. The molecule has 41 heteroatoms. The van der Waals surface area contributed by atoms with E-state index in [-0.39, 0.29) is 26.2 Å². The molecule has 4 aliphatic heterocycles. The molecule has 12 N–H and O–H groups in total. The Morgan fingerprint density at radius 1 is 0.363 bits per heavy atom. The first-order valence-electron chi connectivity index (χ1n) is 34.9.